The summed E-state index contributed by atoms with van der Waals surface area (Å²) in [7, 11) is 0. The van der Waals surface area contributed by atoms with Crippen LogP contribution in [-0.4, -0.2) is 24.4 Å². The molecular weight excluding hydrogens is 413 g/mol. The molecule has 2 aromatic carbocycles. The van der Waals surface area contributed by atoms with Crippen LogP contribution in [0, 0.1) is 13.8 Å². The molecular formula is C22H23F3N2O4. The van der Waals surface area contributed by atoms with Gasteiger partial charge in [-0.25, -0.2) is 0 Å². The Morgan fingerprint density at radius 3 is 2.29 bits per heavy atom. The lowest BCUT2D eigenvalue weighted by Gasteiger charge is -2.13. The van der Waals surface area contributed by atoms with E-state index < -0.39 is 35.9 Å². The Bertz CT molecular complexity index is 958. The summed E-state index contributed by atoms with van der Waals surface area (Å²) in [4.78, 5) is 35.6. The van der Waals surface area contributed by atoms with E-state index in [-0.39, 0.29) is 25.2 Å². The van der Waals surface area contributed by atoms with Crippen LogP contribution in [0.1, 0.15) is 36.0 Å². The van der Waals surface area contributed by atoms with Gasteiger partial charge in [-0.2, -0.15) is 13.2 Å². The Hall–Kier alpha value is -3.36. The number of benzene rings is 2. The highest BCUT2D eigenvalue weighted by molar-refractivity contribution is 5.94. The highest BCUT2D eigenvalue weighted by Crippen LogP contribution is 2.34. The van der Waals surface area contributed by atoms with Crippen molar-refractivity contribution in [3.8, 4) is 0 Å². The molecule has 2 amide bonds. The van der Waals surface area contributed by atoms with Crippen LogP contribution in [0.3, 0.4) is 0 Å². The van der Waals surface area contributed by atoms with Crippen LogP contribution in [-0.2, 0) is 25.3 Å². The standard InChI is InChI=1S/C22H23F3N2O4/c1-14-10-11-15(2)18(12-14)27-19(28)8-5-9-21(30)31-13-20(29)26-17-7-4-3-6-16(17)22(23,24)25/h3-4,6-7,10-12H,5,8-9,13H2,1-2H3,(H,26,29)(H,27,28). The second kappa shape index (κ2) is 10.6. The van der Waals surface area contributed by atoms with E-state index in [0.29, 0.717) is 5.69 Å². The zero-order valence-corrected chi connectivity index (χ0v) is 17.1. The summed E-state index contributed by atoms with van der Waals surface area (Å²) in [6, 6.07) is 10.2. The minimum atomic E-state index is -4.63. The van der Waals surface area contributed by atoms with Crippen molar-refractivity contribution in [1.29, 1.82) is 0 Å². The fourth-order valence-corrected chi connectivity index (χ4v) is 2.72. The van der Waals surface area contributed by atoms with E-state index in [1.807, 2.05) is 32.0 Å². The maximum Gasteiger partial charge on any atom is 0.418 e. The SMILES string of the molecule is Cc1ccc(C)c(NC(=O)CCCC(=O)OCC(=O)Nc2ccccc2C(F)(F)F)c1. The number of carbonyl (C=O) groups is 3. The van der Waals surface area contributed by atoms with Crippen LogP contribution >= 0.6 is 0 Å². The molecule has 0 radical (unpaired) electrons. The number of amides is 2. The van der Waals surface area contributed by atoms with Gasteiger partial charge in [0.05, 0.1) is 11.3 Å². The molecule has 0 bridgehead atoms. The number of hydrogen-bond acceptors (Lipinski definition) is 4. The van der Waals surface area contributed by atoms with Gasteiger partial charge in [-0.1, -0.05) is 24.3 Å². The summed E-state index contributed by atoms with van der Waals surface area (Å²) in [6.07, 6.45) is -4.45. The van der Waals surface area contributed by atoms with E-state index in [1.165, 1.54) is 12.1 Å². The van der Waals surface area contributed by atoms with Crippen molar-refractivity contribution in [2.24, 2.45) is 0 Å². The van der Waals surface area contributed by atoms with Gasteiger partial charge >= 0.3 is 12.1 Å². The van der Waals surface area contributed by atoms with E-state index in [1.54, 1.807) is 0 Å². The predicted molar refractivity (Wildman–Crippen MR) is 109 cm³/mol. The largest absolute Gasteiger partial charge is 0.456 e. The average molecular weight is 436 g/mol. The summed E-state index contributed by atoms with van der Waals surface area (Å²) in [6.45, 7) is 3.05. The number of hydrogen-bond donors (Lipinski definition) is 2. The number of alkyl halides is 3. The molecule has 2 rings (SSSR count). The maximum absolute atomic E-state index is 12.9. The molecule has 0 unspecified atom stereocenters. The Morgan fingerprint density at radius 1 is 0.903 bits per heavy atom. The molecule has 0 aliphatic rings. The monoisotopic (exact) mass is 436 g/mol. The Kier molecular flexibility index (Phi) is 8.18. The minimum Gasteiger partial charge on any atom is -0.456 e. The Labute approximate surface area is 177 Å². The first kappa shape index (κ1) is 23.9. The second-order valence-electron chi connectivity index (χ2n) is 6.97. The molecule has 0 aromatic heterocycles. The van der Waals surface area contributed by atoms with E-state index in [9.17, 15) is 27.6 Å². The molecule has 6 nitrogen and oxygen atoms in total. The molecule has 166 valence electrons. The molecule has 0 saturated heterocycles. The summed E-state index contributed by atoms with van der Waals surface area (Å²) in [5.41, 5.74) is 1.20. The van der Waals surface area contributed by atoms with Crippen LogP contribution in [0.2, 0.25) is 0 Å². The lowest BCUT2D eigenvalue weighted by Crippen LogP contribution is -2.22. The minimum absolute atomic E-state index is 0.0770. The van der Waals surface area contributed by atoms with E-state index in [4.69, 9.17) is 4.74 Å². The smallest absolute Gasteiger partial charge is 0.418 e. The second-order valence-corrected chi connectivity index (χ2v) is 6.97. The van der Waals surface area contributed by atoms with Crippen LogP contribution in [0.5, 0.6) is 0 Å². The third kappa shape index (κ3) is 7.76. The van der Waals surface area contributed by atoms with Gasteiger partial charge in [0.15, 0.2) is 6.61 Å². The van der Waals surface area contributed by atoms with E-state index in [0.717, 1.165) is 23.3 Å². The fraction of sp³-hybridized carbons (Fsp3) is 0.318. The van der Waals surface area contributed by atoms with Gasteiger partial charge in [-0.3, -0.25) is 14.4 Å². The number of esters is 1. The first-order valence-corrected chi connectivity index (χ1v) is 9.55. The maximum atomic E-state index is 12.9. The molecule has 31 heavy (non-hydrogen) atoms. The van der Waals surface area contributed by atoms with Crippen LogP contribution in [0.25, 0.3) is 0 Å². The van der Waals surface area contributed by atoms with Crippen molar-refractivity contribution >= 4 is 29.2 Å². The Morgan fingerprint density at radius 2 is 1.58 bits per heavy atom. The number of ether oxygens (including phenoxy) is 1. The molecule has 0 fully saturated rings. The number of rotatable bonds is 8. The number of para-hydroxylation sites is 1. The van der Waals surface area contributed by atoms with E-state index in [2.05, 4.69) is 10.6 Å². The highest BCUT2D eigenvalue weighted by Gasteiger charge is 2.33. The third-order valence-electron chi connectivity index (χ3n) is 4.32. The lowest BCUT2D eigenvalue weighted by atomic mass is 10.1. The van der Waals surface area contributed by atoms with Crippen LogP contribution in [0.15, 0.2) is 42.5 Å². The normalized spacial score (nSPS) is 11.0. The zero-order chi connectivity index (χ0) is 23.0. The van der Waals surface area contributed by atoms with Gasteiger partial charge in [-0.05, 0) is 49.6 Å². The van der Waals surface area contributed by atoms with E-state index >= 15 is 0 Å². The quantitative estimate of drug-likeness (QED) is 0.592. The Balaban J connectivity index is 1.73. The first-order valence-electron chi connectivity index (χ1n) is 9.55. The summed E-state index contributed by atoms with van der Waals surface area (Å²) < 4.78 is 43.6. The molecule has 0 atom stereocenters. The number of carbonyl (C=O) groups excluding carboxylic acids is 3. The number of halogens is 3. The van der Waals surface area contributed by atoms with Crippen molar-refractivity contribution < 1.29 is 32.3 Å². The topological polar surface area (TPSA) is 84.5 Å². The highest BCUT2D eigenvalue weighted by atomic mass is 19.4. The molecule has 2 aromatic rings. The molecule has 0 aliphatic carbocycles. The predicted octanol–water partition coefficient (Wildman–Crippen LogP) is 4.61. The van der Waals surface area contributed by atoms with Gasteiger partial charge in [0.25, 0.3) is 5.91 Å². The van der Waals surface area contributed by atoms with Crippen molar-refractivity contribution in [1.82, 2.24) is 0 Å². The van der Waals surface area contributed by atoms with Gasteiger partial charge in [-0.15, -0.1) is 0 Å². The number of nitrogens with one attached hydrogen (secondary N) is 2. The van der Waals surface area contributed by atoms with Gasteiger partial charge < -0.3 is 15.4 Å². The number of anilines is 2. The molecule has 0 heterocycles. The first-order chi connectivity index (χ1) is 14.6. The summed E-state index contributed by atoms with van der Waals surface area (Å²) in [5.74, 6) is -1.88. The average Bonchev–Trinajstić information content (AvgIpc) is 2.69. The van der Waals surface area contributed by atoms with Gasteiger partial charge in [0.1, 0.15) is 0 Å². The van der Waals surface area contributed by atoms with Crippen molar-refractivity contribution in [3.63, 3.8) is 0 Å². The molecule has 0 spiro atoms. The van der Waals surface area contributed by atoms with Crippen molar-refractivity contribution in [2.45, 2.75) is 39.3 Å². The summed E-state index contributed by atoms with van der Waals surface area (Å²) in [5, 5.41) is 4.86. The third-order valence-corrected chi connectivity index (χ3v) is 4.32. The van der Waals surface area contributed by atoms with Crippen LogP contribution < -0.4 is 10.6 Å². The number of aryl methyl sites for hydroxylation is 2. The van der Waals surface area contributed by atoms with Gasteiger partial charge in [0, 0.05) is 18.5 Å². The zero-order valence-electron chi connectivity index (χ0n) is 17.1. The molecule has 0 saturated carbocycles. The molecule has 2 N–H and O–H groups in total. The molecule has 9 heteroatoms. The van der Waals surface area contributed by atoms with Gasteiger partial charge in [0.2, 0.25) is 5.91 Å². The van der Waals surface area contributed by atoms with Crippen molar-refractivity contribution in [3.05, 3.63) is 59.2 Å². The molecule has 0 aliphatic heterocycles. The van der Waals surface area contributed by atoms with Crippen molar-refractivity contribution in [2.75, 3.05) is 17.2 Å². The summed E-state index contributed by atoms with van der Waals surface area (Å²) >= 11 is 0. The van der Waals surface area contributed by atoms with Crippen LogP contribution in [0.4, 0.5) is 24.5 Å². The fourth-order valence-electron chi connectivity index (χ4n) is 2.72. The lowest BCUT2D eigenvalue weighted by molar-refractivity contribution is -0.147.